The highest BCUT2D eigenvalue weighted by Gasteiger charge is 2.28. The van der Waals surface area contributed by atoms with Crippen LogP contribution in [-0.4, -0.2) is 38.4 Å². The van der Waals surface area contributed by atoms with Gasteiger partial charge >= 0.3 is 0 Å². The summed E-state index contributed by atoms with van der Waals surface area (Å²) in [5.41, 5.74) is 0.692. The predicted octanol–water partition coefficient (Wildman–Crippen LogP) is -0.229. The van der Waals surface area contributed by atoms with Crippen molar-refractivity contribution in [3.8, 4) is 5.75 Å². The van der Waals surface area contributed by atoms with Gasteiger partial charge in [-0.2, -0.15) is 0 Å². The van der Waals surface area contributed by atoms with E-state index in [9.17, 15) is 18.0 Å². The highest BCUT2D eigenvalue weighted by molar-refractivity contribution is 7.89. The molecule has 26 heavy (non-hydrogen) atoms. The van der Waals surface area contributed by atoms with Gasteiger partial charge in [0, 0.05) is 12.7 Å². The minimum Gasteiger partial charge on any atom is -0.480 e. The zero-order chi connectivity index (χ0) is 18.7. The van der Waals surface area contributed by atoms with Crippen molar-refractivity contribution in [2.75, 3.05) is 18.1 Å². The van der Waals surface area contributed by atoms with E-state index >= 15 is 0 Å². The number of rotatable bonds is 5. The molecule has 1 aromatic heterocycles. The highest BCUT2D eigenvalue weighted by atomic mass is 32.2. The molecule has 2 amide bonds. The molecule has 3 N–H and O–H groups in total. The van der Waals surface area contributed by atoms with Gasteiger partial charge in [-0.25, -0.2) is 18.5 Å². The highest BCUT2D eigenvalue weighted by Crippen LogP contribution is 2.28. The maximum atomic E-state index is 12.2. The summed E-state index contributed by atoms with van der Waals surface area (Å²) in [6.45, 7) is -0.167. The molecule has 0 saturated heterocycles. The molecule has 0 aliphatic carbocycles. The first-order valence-corrected chi connectivity index (χ1v) is 9.16. The number of fused-ring (bicyclic) bond motifs is 1. The summed E-state index contributed by atoms with van der Waals surface area (Å²) in [7, 11) is -3.75. The molecule has 0 radical (unpaired) electrons. The molecule has 1 aromatic carbocycles. The van der Waals surface area contributed by atoms with E-state index in [2.05, 4.69) is 10.3 Å². The van der Waals surface area contributed by atoms with Crippen molar-refractivity contribution < 1.29 is 22.7 Å². The third kappa shape index (κ3) is 3.98. The van der Waals surface area contributed by atoms with E-state index in [0.29, 0.717) is 17.1 Å². The average molecular weight is 376 g/mol. The number of carbonyl (C=O) groups is 2. The lowest BCUT2D eigenvalue weighted by molar-refractivity contribution is -0.125. The first-order chi connectivity index (χ1) is 12.3. The summed E-state index contributed by atoms with van der Waals surface area (Å²) in [4.78, 5) is 29.5. The van der Waals surface area contributed by atoms with E-state index in [4.69, 9.17) is 9.88 Å². The topological polar surface area (TPSA) is 132 Å². The molecule has 0 atom stereocenters. The van der Waals surface area contributed by atoms with Crippen LogP contribution in [0, 0.1) is 0 Å². The van der Waals surface area contributed by atoms with Crippen LogP contribution in [0.25, 0.3) is 0 Å². The number of anilines is 1. The maximum absolute atomic E-state index is 12.2. The van der Waals surface area contributed by atoms with Crippen molar-refractivity contribution in [2.45, 2.75) is 11.4 Å². The van der Waals surface area contributed by atoms with Gasteiger partial charge in [0.05, 0.1) is 4.90 Å². The molecule has 0 bridgehead atoms. The number of nitrogens with one attached hydrogen (secondary N) is 1. The maximum Gasteiger partial charge on any atom is 0.266 e. The lowest BCUT2D eigenvalue weighted by atomic mass is 10.2. The average Bonchev–Trinajstić information content (AvgIpc) is 2.62. The normalized spacial score (nSPS) is 13.7. The third-order valence-electron chi connectivity index (χ3n) is 3.70. The van der Waals surface area contributed by atoms with Gasteiger partial charge in [0.25, 0.3) is 5.91 Å². The Bertz CT molecular complexity index is 943. The first-order valence-electron chi connectivity index (χ1n) is 7.61. The van der Waals surface area contributed by atoms with Gasteiger partial charge in [0.15, 0.2) is 18.2 Å². The van der Waals surface area contributed by atoms with Crippen LogP contribution in [-0.2, 0) is 26.2 Å². The minimum absolute atomic E-state index is 0.00540. The van der Waals surface area contributed by atoms with Crippen molar-refractivity contribution >= 4 is 27.7 Å². The van der Waals surface area contributed by atoms with Crippen molar-refractivity contribution in [3.63, 3.8) is 0 Å². The number of amides is 2. The monoisotopic (exact) mass is 376 g/mol. The summed E-state index contributed by atoms with van der Waals surface area (Å²) in [5, 5.41) is 7.71. The number of hydrogen-bond donors (Lipinski definition) is 2. The van der Waals surface area contributed by atoms with Gasteiger partial charge in [0.2, 0.25) is 15.9 Å². The number of primary sulfonamides is 1. The number of nitrogens with two attached hydrogens (primary N) is 1. The molecule has 2 heterocycles. The Balaban J connectivity index is 1.62. The van der Waals surface area contributed by atoms with Gasteiger partial charge in [-0.3, -0.25) is 14.5 Å². The van der Waals surface area contributed by atoms with Crippen LogP contribution in [0.4, 0.5) is 5.82 Å². The van der Waals surface area contributed by atoms with Gasteiger partial charge in [-0.1, -0.05) is 12.1 Å². The number of nitrogens with zero attached hydrogens (tertiary/aromatic N) is 2. The molecule has 0 fully saturated rings. The second-order valence-electron chi connectivity index (χ2n) is 5.56. The molecule has 1 aliphatic heterocycles. The number of carbonyl (C=O) groups excluding carboxylic acids is 2. The van der Waals surface area contributed by atoms with E-state index in [0.717, 1.165) is 0 Å². The summed E-state index contributed by atoms with van der Waals surface area (Å²) < 4.78 is 27.7. The van der Waals surface area contributed by atoms with E-state index < -0.39 is 10.0 Å². The van der Waals surface area contributed by atoms with Crippen LogP contribution >= 0.6 is 0 Å². The van der Waals surface area contributed by atoms with Gasteiger partial charge in [-0.05, 0) is 29.8 Å². The number of aromatic nitrogens is 1. The van der Waals surface area contributed by atoms with Crippen LogP contribution < -0.4 is 20.1 Å². The number of hydrogen-bond acceptors (Lipinski definition) is 6. The summed E-state index contributed by atoms with van der Waals surface area (Å²) in [5.74, 6) is 0.00567. The zero-order valence-electron chi connectivity index (χ0n) is 13.6. The molecule has 0 unspecified atom stereocenters. The molecule has 1 aliphatic rings. The Kier molecular flexibility index (Phi) is 4.87. The van der Waals surface area contributed by atoms with Crippen LogP contribution in [0.3, 0.4) is 0 Å². The standard InChI is InChI=1S/C16H16N4O5S/c17-26(23,24)12-5-3-11(4-6-12)8-19-14(21)9-20-15(22)10-25-13-2-1-7-18-16(13)20/h1-7H,8-10H2,(H,19,21)(H2,17,23,24). The fraction of sp³-hybridized carbons (Fsp3) is 0.188. The molecular formula is C16H16N4O5S. The van der Waals surface area contributed by atoms with Crippen LogP contribution in [0.5, 0.6) is 5.75 Å². The van der Waals surface area contributed by atoms with Crippen molar-refractivity contribution in [1.29, 1.82) is 0 Å². The molecule has 3 rings (SSSR count). The molecule has 0 spiro atoms. The van der Waals surface area contributed by atoms with Crippen molar-refractivity contribution in [1.82, 2.24) is 10.3 Å². The molecule has 0 saturated carbocycles. The number of sulfonamides is 1. The van der Waals surface area contributed by atoms with Crippen LogP contribution in [0.15, 0.2) is 47.5 Å². The fourth-order valence-corrected chi connectivity index (χ4v) is 2.91. The first kappa shape index (κ1) is 17.8. The summed E-state index contributed by atoms with van der Waals surface area (Å²) >= 11 is 0. The van der Waals surface area contributed by atoms with E-state index in [1.54, 1.807) is 24.3 Å². The third-order valence-corrected chi connectivity index (χ3v) is 4.63. The van der Waals surface area contributed by atoms with Gasteiger partial charge in [-0.15, -0.1) is 0 Å². The molecular weight excluding hydrogens is 360 g/mol. The molecule has 10 heteroatoms. The number of pyridine rings is 1. The zero-order valence-corrected chi connectivity index (χ0v) is 14.4. The SMILES string of the molecule is NS(=O)(=O)c1ccc(CNC(=O)CN2C(=O)COc3cccnc32)cc1. The fourth-order valence-electron chi connectivity index (χ4n) is 2.39. The molecule has 136 valence electrons. The van der Waals surface area contributed by atoms with Crippen LogP contribution in [0.1, 0.15) is 5.56 Å². The van der Waals surface area contributed by atoms with E-state index in [1.165, 1.54) is 23.2 Å². The van der Waals surface area contributed by atoms with Gasteiger partial charge in [0.1, 0.15) is 6.54 Å². The molecule has 2 aromatic rings. The summed E-state index contributed by atoms with van der Waals surface area (Å²) in [6, 6.07) is 9.18. The van der Waals surface area contributed by atoms with Crippen molar-refractivity contribution in [2.24, 2.45) is 5.14 Å². The van der Waals surface area contributed by atoms with E-state index in [-0.39, 0.29) is 36.4 Å². The van der Waals surface area contributed by atoms with E-state index in [1.807, 2.05) is 0 Å². The lowest BCUT2D eigenvalue weighted by Crippen LogP contribution is -2.45. The quantitative estimate of drug-likeness (QED) is 0.741. The predicted molar refractivity (Wildman–Crippen MR) is 91.7 cm³/mol. The minimum atomic E-state index is -3.75. The Morgan fingerprint density at radius 3 is 2.69 bits per heavy atom. The Hall–Kier alpha value is -2.98. The molecule has 9 nitrogen and oxygen atoms in total. The largest absolute Gasteiger partial charge is 0.480 e. The second kappa shape index (κ2) is 7.10. The Morgan fingerprint density at radius 1 is 1.27 bits per heavy atom. The second-order valence-corrected chi connectivity index (χ2v) is 7.12. The summed E-state index contributed by atoms with van der Waals surface area (Å²) in [6.07, 6.45) is 1.51. The number of ether oxygens (including phenoxy) is 1. The Labute approximate surface area is 149 Å². The van der Waals surface area contributed by atoms with Crippen molar-refractivity contribution in [3.05, 3.63) is 48.2 Å². The Morgan fingerprint density at radius 2 is 2.00 bits per heavy atom. The smallest absolute Gasteiger partial charge is 0.266 e. The van der Waals surface area contributed by atoms with Gasteiger partial charge < -0.3 is 10.1 Å². The number of benzene rings is 1. The lowest BCUT2D eigenvalue weighted by Gasteiger charge is -2.27. The van der Waals surface area contributed by atoms with Crippen LogP contribution in [0.2, 0.25) is 0 Å².